The van der Waals surface area contributed by atoms with E-state index in [1.54, 1.807) is 0 Å². The van der Waals surface area contributed by atoms with Gasteiger partial charge in [-0.05, 0) is 69.3 Å². The average Bonchev–Trinajstić information content (AvgIpc) is 2.37. The van der Waals surface area contributed by atoms with E-state index in [0.717, 1.165) is 30.6 Å². The summed E-state index contributed by atoms with van der Waals surface area (Å²) in [6.07, 6.45) is 3.29. The molecule has 21 heavy (non-hydrogen) atoms. The van der Waals surface area contributed by atoms with Gasteiger partial charge in [0.25, 0.3) is 0 Å². The van der Waals surface area contributed by atoms with E-state index < -0.39 is 0 Å². The number of halogens is 1. The number of Topliss-reactive ketones (excluding diaryl/α,β-unsaturated/α-hetero) is 1. The second-order valence-corrected chi connectivity index (χ2v) is 6.65. The third-order valence-electron chi connectivity index (χ3n) is 4.30. The molecule has 1 atom stereocenters. The van der Waals surface area contributed by atoms with Crippen LogP contribution in [0.15, 0.2) is 18.2 Å². The Morgan fingerprint density at radius 3 is 2.81 bits per heavy atom. The largest absolute Gasteiger partial charge is 0.301 e. The SMILES string of the molecule is Cc1cc(F)cc(CC(=O)C[C@@H]2CCCN(C(C)C)C2)c1. The fourth-order valence-electron chi connectivity index (χ4n) is 3.27. The molecule has 2 nitrogen and oxygen atoms in total. The van der Waals surface area contributed by atoms with Crippen molar-refractivity contribution in [2.45, 2.75) is 52.5 Å². The number of carbonyl (C=O) groups excluding carboxylic acids is 1. The molecule has 0 radical (unpaired) electrons. The molecule has 0 aromatic heterocycles. The highest BCUT2D eigenvalue weighted by atomic mass is 19.1. The van der Waals surface area contributed by atoms with E-state index >= 15 is 0 Å². The molecule has 1 fully saturated rings. The second kappa shape index (κ2) is 7.17. The van der Waals surface area contributed by atoms with Gasteiger partial charge in [-0.3, -0.25) is 4.79 Å². The summed E-state index contributed by atoms with van der Waals surface area (Å²) in [6, 6.07) is 5.43. The van der Waals surface area contributed by atoms with E-state index in [0.29, 0.717) is 24.8 Å². The third-order valence-corrected chi connectivity index (χ3v) is 4.30. The van der Waals surface area contributed by atoms with Crippen LogP contribution in [0.5, 0.6) is 0 Å². The van der Waals surface area contributed by atoms with E-state index in [9.17, 15) is 9.18 Å². The molecule has 0 unspecified atom stereocenters. The van der Waals surface area contributed by atoms with Crippen LogP contribution in [-0.4, -0.2) is 29.8 Å². The molecular weight excluding hydrogens is 265 g/mol. The molecule has 1 aliphatic rings. The molecular formula is C18H26FNO. The summed E-state index contributed by atoms with van der Waals surface area (Å²) < 4.78 is 13.4. The van der Waals surface area contributed by atoms with Gasteiger partial charge in [-0.25, -0.2) is 4.39 Å². The molecule has 1 aromatic rings. The summed E-state index contributed by atoms with van der Waals surface area (Å²) >= 11 is 0. The number of nitrogens with zero attached hydrogens (tertiary/aromatic N) is 1. The highest BCUT2D eigenvalue weighted by molar-refractivity contribution is 5.81. The number of carbonyl (C=O) groups is 1. The molecule has 116 valence electrons. The van der Waals surface area contributed by atoms with Gasteiger partial charge < -0.3 is 4.90 Å². The Morgan fingerprint density at radius 1 is 1.38 bits per heavy atom. The highest BCUT2D eigenvalue weighted by Gasteiger charge is 2.23. The van der Waals surface area contributed by atoms with E-state index in [1.807, 2.05) is 13.0 Å². The lowest BCUT2D eigenvalue weighted by molar-refractivity contribution is -0.119. The molecule has 1 aliphatic heterocycles. The summed E-state index contributed by atoms with van der Waals surface area (Å²) in [5, 5.41) is 0. The van der Waals surface area contributed by atoms with Crippen LogP contribution >= 0.6 is 0 Å². The molecule has 3 heteroatoms. The number of likely N-dealkylation sites (tertiary alicyclic amines) is 1. The van der Waals surface area contributed by atoms with Gasteiger partial charge in [0.2, 0.25) is 0 Å². The monoisotopic (exact) mass is 291 g/mol. The van der Waals surface area contributed by atoms with Crippen LogP contribution < -0.4 is 0 Å². The van der Waals surface area contributed by atoms with E-state index in [-0.39, 0.29) is 11.6 Å². The molecule has 1 heterocycles. The molecule has 1 aromatic carbocycles. The van der Waals surface area contributed by atoms with Gasteiger partial charge in [0.05, 0.1) is 0 Å². The molecule has 0 N–H and O–H groups in total. The average molecular weight is 291 g/mol. The standard InChI is InChI=1S/C18H26FNO/c1-13(2)20-6-4-5-15(12-20)10-18(21)11-16-7-14(3)8-17(19)9-16/h7-9,13,15H,4-6,10-12H2,1-3H3/t15-/m0/s1. The highest BCUT2D eigenvalue weighted by Crippen LogP contribution is 2.22. The van der Waals surface area contributed by atoms with Crippen LogP contribution in [0.1, 0.15) is 44.2 Å². The lowest BCUT2D eigenvalue weighted by atomic mass is 9.90. The van der Waals surface area contributed by atoms with Crippen LogP contribution in [0.2, 0.25) is 0 Å². The Labute approximate surface area is 127 Å². The van der Waals surface area contributed by atoms with Crippen LogP contribution in [0.3, 0.4) is 0 Å². The first-order valence-corrected chi connectivity index (χ1v) is 7.96. The number of rotatable bonds is 5. The Hall–Kier alpha value is -1.22. The zero-order valence-corrected chi connectivity index (χ0v) is 13.4. The first-order valence-electron chi connectivity index (χ1n) is 7.96. The van der Waals surface area contributed by atoms with E-state index in [1.165, 1.54) is 18.6 Å². The van der Waals surface area contributed by atoms with Crippen molar-refractivity contribution >= 4 is 5.78 Å². The number of ketones is 1. The maximum atomic E-state index is 13.4. The normalized spacial score (nSPS) is 20.0. The van der Waals surface area contributed by atoms with Crippen molar-refractivity contribution in [1.82, 2.24) is 4.90 Å². The quantitative estimate of drug-likeness (QED) is 0.823. The van der Waals surface area contributed by atoms with Crippen molar-refractivity contribution in [3.8, 4) is 0 Å². The molecule has 2 rings (SSSR count). The molecule has 0 spiro atoms. The number of piperidine rings is 1. The van der Waals surface area contributed by atoms with Crippen molar-refractivity contribution in [2.24, 2.45) is 5.92 Å². The van der Waals surface area contributed by atoms with Gasteiger partial charge in [0.1, 0.15) is 11.6 Å². The maximum absolute atomic E-state index is 13.4. The second-order valence-electron chi connectivity index (χ2n) is 6.65. The predicted molar refractivity (Wildman–Crippen MR) is 83.9 cm³/mol. The van der Waals surface area contributed by atoms with Gasteiger partial charge in [0, 0.05) is 25.4 Å². The van der Waals surface area contributed by atoms with Gasteiger partial charge in [-0.1, -0.05) is 6.07 Å². The van der Waals surface area contributed by atoms with Gasteiger partial charge in [-0.2, -0.15) is 0 Å². The number of hydrogen-bond donors (Lipinski definition) is 0. The zero-order chi connectivity index (χ0) is 15.4. The minimum Gasteiger partial charge on any atom is -0.301 e. The first-order chi connectivity index (χ1) is 9.94. The topological polar surface area (TPSA) is 20.3 Å². The van der Waals surface area contributed by atoms with Gasteiger partial charge in [0.15, 0.2) is 0 Å². The minimum absolute atomic E-state index is 0.232. The summed E-state index contributed by atoms with van der Waals surface area (Å²) in [5.41, 5.74) is 1.68. The van der Waals surface area contributed by atoms with Crippen molar-refractivity contribution in [2.75, 3.05) is 13.1 Å². The Morgan fingerprint density at radius 2 is 2.14 bits per heavy atom. The Balaban J connectivity index is 1.89. The molecule has 0 bridgehead atoms. The van der Waals surface area contributed by atoms with Crippen LogP contribution in [0, 0.1) is 18.7 Å². The molecule has 0 aliphatic carbocycles. The number of benzene rings is 1. The Kier molecular flexibility index (Phi) is 5.51. The number of aryl methyl sites for hydroxylation is 1. The maximum Gasteiger partial charge on any atom is 0.137 e. The molecule has 0 saturated carbocycles. The van der Waals surface area contributed by atoms with Crippen molar-refractivity contribution in [1.29, 1.82) is 0 Å². The summed E-state index contributed by atoms with van der Waals surface area (Å²) in [7, 11) is 0. The minimum atomic E-state index is -0.249. The summed E-state index contributed by atoms with van der Waals surface area (Å²) in [5.74, 6) is 0.445. The van der Waals surface area contributed by atoms with Crippen LogP contribution in [0.25, 0.3) is 0 Å². The van der Waals surface area contributed by atoms with E-state index in [4.69, 9.17) is 0 Å². The fraction of sp³-hybridized carbons (Fsp3) is 0.611. The first kappa shape index (κ1) is 16.2. The fourth-order valence-corrected chi connectivity index (χ4v) is 3.27. The summed E-state index contributed by atoms with van der Waals surface area (Å²) in [4.78, 5) is 14.7. The van der Waals surface area contributed by atoms with E-state index in [2.05, 4.69) is 18.7 Å². The molecule has 0 amide bonds. The lowest BCUT2D eigenvalue weighted by Crippen LogP contribution is -2.40. The van der Waals surface area contributed by atoms with Gasteiger partial charge in [-0.15, -0.1) is 0 Å². The lowest BCUT2D eigenvalue weighted by Gasteiger charge is -2.35. The van der Waals surface area contributed by atoms with Crippen LogP contribution in [0.4, 0.5) is 4.39 Å². The van der Waals surface area contributed by atoms with Crippen molar-refractivity contribution < 1.29 is 9.18 Å². The number of hydrogen-bond acceptors (Lipinski definition) is 2. The third kappa shape index (κ3) is 4.92. The smallest absolute Gasteiger partial charge is 0.137 e. The van der Waals surface area contributed by atoms with Crippen molar-refractivity contribution in [3.05, 3.63) is 35.1 Å². The predicted octanol–water partition coefficient (Wildman–Crippen LogP) is 3.76. The zero-order valence-electron chi connectivity index (χ0n) is 13.4. The van der Waals surface area contributed by atoms with Crippen molar-refractivity contribution in [3.63, 3.8) is 0 Å². The Bertz CT molecular complexity index is 478. The molecule has 1 saturated heterocycles. The van der Waals surface area contributed by atoms with Crippen LogP contribution in [-0.2, 0) is 11.2 Å². The van der Waals surface area contributed by atoms with Gasteiger partial charge >= 0.3 is 0 Å². The summed E-state index contributed by atoms with van der Waals surface area (Å²) in [6.45, 7) is 8.44.